The molecule has 2 rings (SSSR count). The molecule has 0 radical (unpaired) electrons. The van der Waals surface area contributed by atoms with Crippen molar-refractivity contribution in [3.8, 4) is 0 Å². The van der Waals surface area contributed by atoms with Gasteiger partial charge in [0, 0.05) is 0 Å². The van der Waals surface area contributed by atoms with Crippen LogP contribution in [0.1, 0.15) is 31.7 Å². The van der Waals surface area contributed by atoms with Gasteiger partial charge in [0.05, 0.1) is 0 Å². The minimum atomic E-state index is -0.143. The summed E-state index contributed by atoms with van der Waals surface area (Å²) in [6, 6.07) is 7.04. The second-order valence-electron chi connectivity index (χ2n) is 5.07. The molecule has 0 spiro atoms. The fourth-order valence-electron chi connectivity index (χ4n) is 2.87. The average Bonchev–Trinajstić information content (AvgIpc) is 2.74. The van der Waals surface area contributed by atoms with Gasteiger partial charge in [0.15, 0.2) is 0 Å². The van der Waals surface area contributed by atoms with Crippen molar-refractivity contribution >= 4 is 0 Å². The van der Waals surface area contributed by atoms with E-state index >= 15 is 0 Å². The van der Waals surface area contributed by atoms with Crippen molar-refractivity contribution in [3.05, 3.63) is 35.6 Å². The largest absolute Gasteiger partial charge is 0.316 e. The van der Waals surface area contributed by atoms with Gasteiger partial charge in [0.2, 0.25) is 0 Å². The lowest BCUT2D eigenvalue weighted by Crippen LogP contribution is -2.20. The lowest BCUT2D eigenvalue weighted by molar-refractivity contribution is 0.363. The molecule has 0 bridgehead atoms. The Morgan fingerprint density at radius 1 is 1.25 bits per heavy atom. The topological polar surface area (TPSA) is 12.0 Å². The van der Waals surface area contributed by atoms with Crippen molar-refractivity contribution in [2.24, 2.45) is 11.8 Å². The van der Waals surface area contributed by atoms with E-state index in [2.05, 4.69) is 19.2 Å². The molecule has 1 aromatic carbocycles. The minimum Gasteiger partial charge on any atom is -0.316 e. The van der Waals surface area contributed by atoms with Gasteiger partial charge in [0.1, 0.15) is 5.82 Å². The predicted octanol–water partition coefficient (Wildman–Crippen LogP) is 3.17. The molecule has 1 aromatic rings. The fourth-order valence-corrected chi connectivity index (χ4v) is 2.87. The third-order valence-corrected chi connectivity index (χ3v) is 3.58. The second-order valence-corrected chi connectivity index (χ2v) is 5.07. The van der Waals surface area contributed by atoms with E-state index in [1.165, 1.54) is 12.0 Å². The van der Waals surface area contributed by atoms with Gasteiger partial charge in [-0.25, -0.2) is 4.39 Å². The van der Waals surface area contributed by atoms with Crippen LogP contribution in [0.25, 0.3) is 0 Å². The third kappa shape index (κ3) is 2.43. The maximum absolute atomic E-state index is 12.9. The summed E-state index contributed by atoms with van der Waals surface area (Å²) < 4.78 is 12.9. The highest BCUT2D eigenvalue weighted by atomic mass is 19.1. The van der Waals surface area contributed by atoms with Crippen LogP contribution >= 0.6 is 0 Å². The first-order chi connectivity index (χ1) is 7.68. The van der Waals surface area contributed by atoms with Gasteiger partial charge in [-0.2, -0.15) is 0 Å². The zero-order valence-electron chi connectivity index (χ0n) is 10.0. The molecule has 1 nitrogen and oxygen atoms in total. The standard InChI is InChI=1S/C14H20FN/c1-10(2)14(12-7-8-16-9-12)11-3-5-13(15)6-4-11/h3-6,10,12,14,16H,7-9H2,1-2H3. The van der Waals surface area contributed by atoms with E-state index in [0.29, 0.717) is 17.8 Å². The summed E-state index contributed by atoms with van der Waals surface area (Å²) in [7, 11) is 0. The number of halogens is 1. The van der Waals surface area contributed by atoms with Gasteiger partial charge >= 0.3 is 0 Å². The number of rotatable bonds is 3. The molecule has 88 valence electrons. The Kier molecular flexibility index (Phi) is 3.59. The van der Waals surface area contributed by atoms with Gasteiger partial charge < -0.3 is 5.32 Å². The second kappa shape index (κ2) is 4.96. The highest BCUT2D eigenvalue weighted by Gasteiger charge is 2.28. The Bertz CT molecular complexity index is 325. The molecular formula is C14H20FN. The van der Waals surface area contributed by atoms with Crippen LogP contribution in [-0.2, 0) is 0 Å². The van der Waals surface area contributed by atoms with Crippen molar-refractivity contribution in [3.63, 3.8) is 0 Å². The molecule has 2 unspecified atom stereocenters. The molecule has 2 heteroatoms. The molecule has 1 heterocycles. The highest BCUT2D eigenvalue weighted by Crippen LogP contribution is 2.35. The number of hydrogen-bond acceptors (Lipinski definition) is 1. The first-order valence-corrected chi connectivity index (χ1v) is 6.14. The smallest absolute Gasteiger partial charge is 0.123 e. The van der Waals surface area contributed by atoms with Crippen LogP contribution < -0.4 is 5.32 Å². The SMILES string of the molecule is CC(C)C(c1ccc(F)cc1)C1CCNC1. The zero-order chi connectivity index (χ0) is 11.5. The Balaban J connectivity index is 2.21. The van der Waals surface area contributed by atoms with Gasteiger partial charge in [-0.3, -0.25) is 0 Å². The summed E-state index contributed by atoms with van der Waals surface area (Å²) in [4.78, 5) is 0. The molecule has 1 saturated heterocycles. The van der Waals surface area contributed by atoms with E-state index in [4.69, 9.17) is 0 Å². The summed E-state index contributed by atoms with van der Waals surface area (Å²) in [5.74, 6) is 1.72. The first kappa shape index (κ1) is 11.6. The molecule has 0 amide bonds. The third-order valence-electron chi connectivity index (χ3n) is 3.58. The van der Waals surface area contributed by atoms with E-state index in [1.54, 1.807) is 12.1 Å². The van der Waals surface area contributed by atoms with Crippen LogP contribution in [0.2, 0.25) is 0 Å². The molecule has 1 fully saturated rings. The van der Waals surface area contributed by atoms with E-state index in [1.807, 2.05) is 12.1 Å². The molecule has 1 aliphatic rings. The van der Waals surface area contributed by atoms with Crippen molar-refractivity contribution in [2.75, 3.05) is 13.1 Å². The molecule has 0 saturated carbocycles. The summed E-state index contributed by atoms with van der Waals surface area (Å²) in [6.45, 7) is 6.73. The zero-order valence-corrected chi connectivity index (χ0v) is 10.0. The van der Waals surface area contributed by atoms with Gasteiger partial charge in [-0.1, -0.05) is 26.0 Å². The number of nitrogens with one attached hydrogen (secondary N) is 1. The maximum atomic E-state index is 12.9. The normalized spacial score (nSPS) is 22.6. The van der Waals surface area contributed by atoms with Crippen molar-refractivity contribution in [1.82, 2.24) is 5.32 Å². The molecule has 2 atom stereocenters. The summed E-state index contributed by atoms with van der Waals surface area (Å²) in [5, 5.41) is 3.41. The fraction of sp³-hybridized carbons (Fsp3) is 0.571. The molecule has 1 aliphatic heterocycles. The van der Waals surface area contributed by atoms with Crippen LogP contribution in [0.3, 0.4) is 0 Å². The Hall–Kier alpha value is -0.890. The Labute approximate surface area is 97.1 Å². The Morgan fingerprint density at radius 3 is 2.44 bits per heavy atom. The van der Waals surface area contributed by atoms with Crippen LogP contribution in [0.5, 0.6) is 0 Å². The summed E-state index contributed by atoms with van der Waals surface area (Å²) in [6.07, 6.45) is 1.24. The van der Waals surface area contributed by atoms with Crippen LogP contribution in [0.4, 0.5) is 4.39 Å². The van der Waals surface area contributed by atoms with Crippen molar-refractivity contribution < 1.29 is 4.39 Å². The van der Waals surface area contributed by atoms with Gasteiger partial charge in [-0.15, -0.1) is 0 Å². The first-order valence-electron chi connectivity index (χ1n) is 6.14. The molecule has 16 heavy (non-hydrogen) atoms. The van der Waals surface area contributed by atoms with Crippen LogP contribution in [-0.4, -0.2) is 13.1 Å². The van der Waals surface area contributed by atoms with Crippen LogP contribution in [0, 0.1) is 17.7 Å². The van der Waals surface area contributed by atoms with Gasteiger partial charge in [-0.05, 0) is 55.0 Å². The molecular weight excluding hydrogens is 201 g/mol. The quantitative estimate of drug-likeness (QED) is 0.826. The lowest BCUT2D eigenvalue weighted by atomic mass is 9.78. The van der Waals surface area contributed by atoms with E-state index in [-0.39, 0.29) is 5.82 Å². The average molecular weight is 221 g/mol. The summed E-state index contributed by atoms with van der Waals surface area (Å²) in [5.41, 5.74) is 1.28. The number of benzene rings is 1. The number of hydrogen-bond donors (Lipinski definition) is 1. The lowest BCUT2D eigenvalue weighted by Gasteiger charge is -2.27. The van der Waals surface area contributed by atoms with Crippen LogP contribution in [0.15, 0.2) is 24.3 Å². The molecule has 0 aliphatic carbocycles. The van der Waals surface area contributed by atoms with Crippen molar-refractivity contribution in [1.29, 1.82) is 0 Å². The highest BCUT2D eigenvalue weighted by molar-refractivity contribution is 5.22. The van der Waals surface area contributed by atoms with E-state index < -0.39 is 0 Å². The Morgan fingerprint density at radius 2 is 1.94 bits per heavy atom. The maximum Gasteiger partial charge on any atom is 0.123 e. The van der Waals surface area contributed by atoms with Gasteiger partial charge in [0.25, 0.3) is 0 Å². The predicted molar refractivity (Wildman–Crippen MR) is 65.0 cm³/mol. The van der Waals surface area contributed by atoms with E-state index in [0.717, 1.165) is 13.1 Å². The van der Waals surface area contributed by atoms with E-state index in [9.17, 15) is 4.39 Å². The van der Waals surface area contributed by atoms with Crippen molar-refractivity contribution in [2.45, 2.75) is 26.2 Å². The molecule has 0 aromatic heterocycles. The summed E-state index contributed by atoms with van der Waals surface area (Å²) >= 11 is 0. The minimum absolute atomic E-state index is 0.143. The molecule has 1 N–H and O–H groups in total. The monoisotopic (exact) mass is 221 g/mol.